The van der Waals surface area contributed by atoms with E-state index < -0.39 is 24.1 Å². The van der Waals surface area contributed by atoms with E-state index in [4.69, 9.17) is 9.84 Å². The molecular weight excluding hydrogens is 278 g/mol. The number of carboxylic acid groups (broad SMARTS) is 1. The van der Waals surface area contributed by atoms with Gasteiger partial charge in [0, 0.05) is 13.1 Å². The van der Waals surface area contributed by atoms with Gasteiger partial charge in [0.2, 0.25) is 5.91 Å². The molecule has 8 nitrogen and oxygen atoms in total. The zero-order valence-corrected chi connectivity index (χ0v) is 12.6. The van der Waals surface area contributed by atoms with Crippen molar-refractivity contribution in [1.82, 2.24) is 15.5 Å². The first kappa shape index (κ1) is 17.2. The molecule has 21 heavy (non-hydrogen) atoms. The number of amides is 3. The molecule has 1 unspecified atom stereocenters. The van der Waals surface area contributed by atoms with Gasteiger partial charge in [-0.15, -0.1) is 0 Å². The van der Waals surface area contributed by atoms with Crippen molar-refractivity contribution in [1.29, 1.82) is 0 Å². The van der Waals surface area contributed by atoms with Crippen molar-refractivity contribution in [3.05, 3.63) is 0 Å². The quantitative estimate of drug-likeness (QED) is 0.643. The van der Waals surface area contributed by atoms with Crippen molar-refractivity contribution in [2.45, 2.75) is 32.9 Å². The number of nitrogens with zero attached hydrogens (tertiary/aromatic N) is 1. The van der Waals surface area contributed by atoms with Gasteiger partial charge in [-0.25, -0.2) is 9.59 Å². The minimum absolute atomic E-state index is 0.110. The van der Waals surface area contributed by atoms with Crippen molar-refractivity contribution >= 4 is 17.9 Å². The predicted molar refractivity (Wildman–Crippen MR) is 74.8 cm³/mol. The molecule has 0 saturated carbocycles. The SMILES string of the molecule is CCNC(=O)C1COCCN1C(=O)N[C@@H](C(=O)O)C(C)C. The number of urea groups is 1. The number of aliphatic carboxylic acids is 1. The summed E-state index contributed by atoms with van der Waals surface area (Å²) in [5.41, 5.74) is 0. The lowest BCUT2D eigenvalue weighted by Gasteiger charge is -2.35. The molecule has 3 amide bonds. The Morgan fingerprint density at radius 3 is 2.57 bits per heavy atom. The molecule has 8 heteroatoms. The van der Waals surface area contributed by atoms with Gasteiger partial charge >= 0.3 is 12.0 Å². The summed E-state index contributed by atoms with van der Waals surface area (Å²) >= 11 is 0. The lowest BCUT2D eigenvalue weighted by molar-refractivity contribution is -0.140. The van der Waals surface area contributed by atoms with Gasteiger partial charge in [0.05, 0.1) is 13.2 Å². The summed E-state index contributed by atoms with van der Waals surface area (Å²) < 4.78 is 5.23. The molecule has 1 rings (SSSR count). The van der Waals surface area contributed by atoms with Crippen LogP contribution in [0.1, 0.15) is 20.8 Å². The largest absolute Gasteiger partial charge is 0.480 e. The summed E-state index contributed by atoms with van der Waals surface area (Å²) in [7, 11) is 0. The Hall–Kier alpha value is -1.83. The monoisotopic (exact) mass is 301 g/mol. The van der Waals surface area contributed by atoms with Crippen molar-refractivity contribution in [2.75, 3.05) is 26.3 Å². The first-order valence-electron chi connectivity index (χ1n) is 7.03. The highest BCUT2D eigenvalue weighted by Crippen LogP contribution is 2.10. The summed E-state index contributed by atoms with van der Waals surface area (Å²) in [5.74, 6) is -1.65. The van der Waals surface area contributed by atoms with Gasteiger partial charge in [-0.3, -0.25) is 4.79 Å². The number of carbonyl (C=O) groups is 3. The fourth-order valence-corrected chi connectivity index (χ4v) is 2.09. The van der Waals surface area contributed by atoms with Gasteiger partial charge in [-0.1, -0.05) is 13.8 Å². The number of hydrogen-bond acceptors (Lipinski definition) is 4. The third kappa shape index (κ3) is 4.59. The summed E-state index contributed by atoms with van der Waals surface area (Å²) in [6, 6.07) is -2.29. The standard InChI is InChI=1S/C13H23N3O5/c1-4-14-11(17)9-7-21-6-5-16(9)13(20)15-10(8(2)3)12(18)19/h8-10H,4-7H2,1-3H3,(H,14,17)(H,15,20)(H,18,19)/t9?,10-/m1/s1. The van der Waals surface area contributed by atoms with Gasteiger partial charge < -0.3 is 25.4 Å². The van der Waals surface area contributed by atoms with Crippen LogP contribution < -0.4 is 10.6 Å². The summed E-state index contributed by atoms with van der Waals surface area (Å²) in [6.45, 7) is 6.33. The summed E-state index contributed by atoms with van der Waals surface area (Å²) in [5, 5.41) is 14.2. The van der Waals surface area contributed by atoms with Crippen LogP contribution in [0, 0.1) is 5.92 Å². The Kier molecular flexibility index (Phi) is 6.41. The molecule has 1 aliphatic rings. The predicted octanol–water partition coefficient (Wildman–Crippen LogP) is -0.358. The topological polar surface area (TPSA) is 108 Å². The number of carbonyl (C=O) groups excluding carboxylic acids is 2. The average molecular weight is 301 g/mol. The highest BCUT2D eigenvalue weighted by Gasteiger charge is 2.34. The van der Waals surface area contributed by atoms with Crippen molar-refractivity contribution in [3.8, 4) is 0 Å². The Labute approximate surface area is 123 Å². The molecule has 3 N–H and O–H groups in total. The maximum Gasteiger partial charge on any atom is 0.326 e. The molecule has 1 aliphatic heterocycles. The van der Waals surface area contributed by atoms with E-state index in [1.165, 1.54) is 4.90 Å². The van der Waals surface area contributed by atoms with Crippen LogP contribution in [0.15, 0.2) is 0 Å². The van der Waals surface area contributed by atoms with E-state index in [0.29, 0.717) is 13.2 Å². The van der Waals surface area contributed by atoms with Crippen molar-refractivity contribution in [3.63, 3.8) is 0 Å². The Bertz CT molecular complexity index is 399. The maximum atomic E-state index is 12.3. The van der Waals surface area contributed by atoms with Crippen molar-refractivity contribution in [2.24, 2.45) is 5.92 Å². The molecular formula is C13H23N3O5. The fraction of sp³-hybridized carbons (Fsp3) is 0.769. The number of likely N-dealkylation sites (N-methyl/N-ethyl adjacent to an activating group) is 1. The molecule has 0 spiro atoms. The molecule has 0 bridgehead atoms. The number of hydrogen-bond donors (Lipinski definition) is 3. The van der Waals surface area contributed by atoms with Gasteiger partial charge in [0.15, 0.2) is 0 Å². The van der Waals surface area contributed by atoms with Gasteiger partial charge in [0.1, 0.15) is 12.1 Å². The lowest BCUT2D eigenvalue weighted by Crippen LogP contribution is -2.60. The number of ether oxygens (including phenoxy) is 1. The second kappa shape index (κ2) is 7.82. The zero-order chi connectivity index (χ0) is 16.0. The smallest absolute Gasteiger partial charge is 0.326 e. The van der Waals surface area contributed by atoms with E-state index in [1.807, 2.05) is 0 Å². The third-order valence-corrected chi connectivity index (χ3v) is 3.25. The van der Waals surface area contributed by atoms with Crippen LogP contribution in [-0.2, 0) is 14.3 Å². The van der Waals surface area contributed by atoms with Gasteiger partial charge in [-0.2, -0.15) is 0 Å². The van der Waals surface area contributed by atoms with E-state index in [-0.39, 0.29) is 25.0 Å². The molecule has 0 aliphatic carbocycles. The highest BCUT2D eigenvalue weighted by molar-refractivity contribution is 5.89. The third-order valence-electron chi connectivity index (χ3n) is 3.25. The molecule has 1 heterocycles. The zero-order valence-electron chi connectivity index (χ0n) is 12.6. The number of morpholine rings is 1. The van der Waals surface area contributed by atoms with Gasteiger partial charge in [-0.05, 0) is 12.8 Å². The molecule has 0 aromatic heterocycles. The minimum Gasteiger partial charge on any atom is -0.480 e. The molecule has 0 aromatic carbocycles. The minimum atomic E-state index is -1.10. The summed E-state index contributed by atoms with van der Waals surface area (Å²) in [4.78, 5) is 36.7. The molecule has 120 valence electrons. The van der Waals surface area contributed by atoms with Crippen LogP contribution >= 0.6 is 0 Å². The van der Waals surface area contributed by atoms with Crippen LogP contribution in [0.3, 0.4) is 0 Å². The first-order chi connectivity index (χ1) is 9.88. The maximum absolute atomic E-state index is 12.3. The van der Waals surface area contributed by atoms with Crippen LogP contribution in [0.4, 0.5) is 4.79 Å². The molecule has 0 aromatic rings. The average Bonchev–Trinajstić information content (AvgIpc) is 2.44. The Morgan fingerprint density at radius 1 is 1.38 bits per heavy atom. The number of rotatable bonds is 5. The normalized spacial score (nSPS) is 20.0. The second-order valence-corrected chi connectivity index (χ2v) is 5.19. The fourth-order valence-electron chi connectivity index (χ4n) is 2.09. The lowest BCUT2D eigenvalue weighted by atomic mass is 10.1. The summed E-state index contributed by atoms with van der Waals surface area (Å²) in [6.07, 6.45) is 0. The number of nitrogens with one attached hydrogen (secondary N) is 2. The van der Waals surface area contributed by atoms with E-state index in [9.17, 15) is 14.4 Å². The van der Waals surface area contributed by atoms with E-state index >= 15 is 0 Å². The van der Waals surface area contributed by atoms with Crippen LogP contribution in [0.2, 0.25) is 0 Å². The van der Waals surface area contributed by atoms with E-state index in [0.717, 1.165) is 0 Å². The van der Waals surface area contributed by atoms with E-state index in [1.54, 1.807) is 20.8 Å². The van der Waals surface area contributed by atoms with Crippen LogP contribution in [0.5, 0.6) is 0 Å². The van der Waals surface area contributed by atoms with Crippen LogP contribution in [0.25, 0.3) is 0 Å². The second-order valence-electron chi connectivity index (χ2n) is 5.19. The Balaban J connectivity index is 2.77. The number of carboxylic acids is 1. The molecule has 1 saturated heterocycles. The molecule has 1 fully saturated rings. The first-order valence-corrected chi connectivity index (χ1v) is 7.03. The van der Waals surface area contributed by atoms with E-state index in [2.05, 4.69) is 10.6 Å². The van der Waals surface area contributed by atoms with Crippen LogP contribution in [-0.4, -0.2) is 66.3 Å². The molecule has 2 atom stereocenters. The van der Waals surface area contributed by atoms with Crippen molar-refractivity contribution < 1.29 is 24.2 Å². The van der Waals surface area contributed by atoms with Gasteiger partial charge in [0.25, 0.3) is 0 Å². The highest BCUT2D eigenvalue weighted by atomic mass is 16.5. The Morgan fingerprint density at radius 2 is 2.05 bits per heavy atom. The molecule has 0 radical (unpaired) electrons.